The van der Waals surface area contributed by atoms with Gasteiger partial charge in [-0.1, -0.05) is 45.7 Å². The lowest BCUT2D eigenvalue weighted by atomic mass is 10.2. The van der Waals surface area contributed by atoms with Gasteiger partial charge < -0.3 is 9.04 Å². The molecule has 1 aliphatic heterocycles. The summed E-state index contributed by atoms with van der Waals surface area (Å²) in [4.78, 5) is 0. The molecule has 1 unspecified atom stereocenters. The standard InChI is InChI=1S/C10H13NOS.C2H6/c1-2-8-7-11(13)9-5-3-4-6-10(9)12-8;1-2/h3-6,8,13H,2,7H2,1H3;1-2H3. The monoisotopic (exact) mass is 225 g/mol. The summed E-state index contributed by atoms with van der Waals surface area (Å²) in [5.74, 6) is 0.940. The second-order valence-electron chi connectivity index (χ2n) is 3.20. The Morgan fingerprint density at radius 1 is 1.40 bits per heavy atom. The average molecular weight is 225 g/mol. The van der Waals surface area contributed by atoms with Crippen LogP contribution in [0.2, 0.25) is 0 Å². The van der Waals surface area contributed by atoms with Crippen LogP contribution >= 0.6 is 12.8 Å². The van der Waals surface area contributed by atoms with Crippen molar-refractivity contribution in [3.63, 3.8) is 0 Å². The Kier molecular flexibility index (Phi) is 4.82. The van der Waals surface area contributed by atoms with Crippen LogP contribution in [0.3, 0.4) is 0 Å². The summed E-state index contributed by atoms with van der Waals surface area (Å²) in [5, 5.41) is 0. The predicted octanol–water partition coefficient (Wildman–Crippen LogP) is 3.54. The van der Waals surface area contributed by atoms with Gasteiger partial charge in [0.25, 0.3) is 0 Å². The van der Waals surface area contributed by atoms with Gasteiger partial charge in [0.2, 0.25) is 0 Å². The molecule has 1 aromatic carbocycles. The molecule has 0 saturated carbocycles. The zero-order valence-electron chi connectivity index (χ0n) is 9.60. The third-order valence-corrected chi connectivity index (χ3v) is 2.65. The van der Waals surface area contributed by atoms with Crippen LogP contribution in [0, 0.1) is 0 Å². The molecule has 15 heavy (non-hydrogen) atoms. The van der Waals surface area contributed by atoms with Gasteiger partial charge in [0, 0.05) is 0 Å². The normalized spacial score (nSPS) is 18.4. The van der Waals surface area contributed by atoms with E-state index in [1.807, 2.05) is 42.4 Å². The molecule has 1 aliphatic rings. The quantitative estimate of drug-likeness (QED) is 0.734. The van der Waals surface area contributed by atoms with E-state index in [2.05, 4.69) is 19.7 Å². The number of benzene rings is 1. The summed E-state index contributed by atoms with van der Waals surface area (Å²) in [7, 11) is 0. The Balaban J connectivity index is 0.000000531. The highest BCUT2D eigenvalue weighted by molar-refractivity contribution is 7.81. The van der Waals surface area contributed by atoms with Crippen LogP contribution in [-0.4, -0.2) is 12.6 Å². The van der Waals surface area contributed by atoms with Crippen LogP contribution < -0.4 is 9.04 Å². The summed E-state index contributed by atoms with van der Waals surface area (Å²) in [6.07, 6.45) is 1.29. The fourth-order valence-electron chi connectivity index (χ4n) is 1.49. The van der Waals surface area contributed by atoms with E-state index in [-0.39, 0.29) is 6.10 Å². The van der Waals surface area contributed by atoms with Crippen molar-refractivity contribution in [3.05, 3.63) is 24.3 Å². The van der Waals surface area contributed by atoms with E-state index in [0.717, 1.165) is 24.4 Å². The largest absolute Gasteiger partial charge is 0.486 e. The van der Waals surface area contributed by atoms with Gasteiger partial charge in [-0.25, -0.2) is 0 Å². The smallest absolute Gasteiger partial charge is 0.143 e. The minimum atomic E-state index is 0.271. The molecule has 0 N–H and O–H groups in total. The van der Waals surface area contributed by atoms with Crippen molar-refractivity contribution in [1.29, 1.82) is 0 Å². The Bertz CT molecular complexity index is 303. The van der Waals surface area contributed by atoms with Gasteiger partial charge in [-0.15, -0.1) is 0 Å². The van der Waals surface area contributed by atoms with Crippen molar-refractivity contribution in [2.24, 2.45) is 0 Å². The minimum Gasteiger partial charge on any atom is -0.486 e. The van der Waals surface area contributed by atoms with Gasteiger partial charge in [0.15, 0.2) is 0 Å². The van der Waals surface area contributed by atoms with Crippen LogP contribution in [0.4, 0.5) is 5.69 Å². The second-order valence-corrected chi connectivity index (χ2v) is 3.68. The van der Waals surface area contributed by atoms with Gasteiger partial charge in [0.05, 0.1) is 12.2 Å². The molecule has 0 aliphatic carbocycles. The first-order valence-corrected chi connectivity index (χ1v) is 5.93. The zero-order valence-corrected chi connectivity index (χ0v) is 10.5. The van der Waals surface area contributed by atoms with Gasteiger partial charge in [0.1, 0.15) is 11.9 Å². The van der Waals surface area contributed by atoms with E-state index in [0.29, 0.717) is 0 Å². The molecule has 1 heterocycles. The molecule has 1 atom stereocenters. The van der Waals surface area contributed by atoms with Crippen LogP contribution in [-0.2, 0) is 0 Å². The van der Waals surface area contributed by atoms with Crippen molar-refractivity contribution >= 4 is 18.5 Å². The zero-order chi connectivity index (χ0) is 11.3. The van der Waals surface area contributed by atoms with Gasteiger partial charge in [-0.2, -0.15) is 0 Å². The highest BCUT2D eigenvalue weighted by Crippen LogP contribution is 2.34. The molecule has 0 fully saturated rings. The Labute approximate surface area is 97.8 Å². The Hall–Kier alpha value is -0.830. The highest BCUT2D eigenvalue weighted by atomic mass is 32.1. The molecular weight excluding hydrogens is 206 g/mol. The molecule has 3 heteroatoms. The number of thiol groups is 1. The highest BCUT2D eigenvalue weighted by Gasteiger charge is 2.21. The first-order chi connectivity index (χ1) is 7.31. The fourth-order valence-corrected chi connectivity index (χ4v) is 1.84. The SMILES string of the molecule is CC.CCC1CN(S)c2ccccc2O1. The van der Waals surface area contributed by atoms with Crippen molar-refractivity contribution in [1.82, 2.24) is 0 Å². The lowest BCUT2D eigenvalue weighted by molar-refractivity contribution is 0.197. The van der Waals surface area contributed by atoms with Crippen molar-refractivity contribution in [2.75, 3.05) is 10.8 Å². The number of ether oxygens (including phenoxy) is 1. The van der Waals surface area contributed by atoms with Crippen LogP contribution in [0.5, 0.6) is 5.75 Å². The van der Waals surface area contributed by atoms with E-state index in [1.54, 1.807) is 0 Å². The lowest BCUT2D eigenvalue weighted by Gasteiger charge is -2.32. The summed E-state index contributed by atoms with van der Waals surface area (Å²) in [5.41, 5.74) is 1.07. The molecule has 0 saturated heterocycles. The average Bonchev–Trinajstić information content (AvgIpc) is 2.31. The van der Waals surface area contributed by atoms with E-state index >= 15 is 0 Å². The van der Waals surface area contributed by atoms with Gasteiger partial charge in [-0.3, -0.25) is 0 Å². The number of nitrogens with zero attached hydrogens (tertiary/aromatic N) is 1. The maximum atomic E-state index is 5.76. The predicted molar refractivity (Wildman–Crippen MR) is 68.8 cm³/mol. The van der Waals surface area contributed by atoms with E-state index in [4.69, 9.17) is 4.74 Å². The van der Waals surface area contributed by atoms with Gasteiger partial charge in [-0.05, 0) is 18.6 Å². The summed E-state index contributed by atoms with van der Waals surface area (Å²) >= 11 is 4.41. The van der Waals surface area contributed by atoms with E-state index in [9.17, 15) is 0 Å². The first-order valence-electron chi connectivity index (χ1n) is 5.53. The van der Waals surface area contributed by atoms with Crippen LogP contribution in [0.25, 0.3) is 0 Å². The van der Waals surface area contributed by atoms with Crippen LogP contribution in [0.15, 0.2) is 24.3 Å². The summed E-state index contributed by atoms with van der Waals surface area (Å²) in [6, 6.07) is 7.99. The molecule has 0 amide bonds. The van der Waals surface area contributed by atoms with E-state index in [1.165, 1.54) is 0 Å². The third-order valence-electron chi connectivity index (χ3n) is 2.27. The minimum absolute atomic E-state index is 0.271. The van der Waals surface area contributed by atoms with Crippen molar-refractivity contribution < 1.29 is 4.74 Å². The molecule has 2 nitrogen and oxygen atoms in total. The summed E-state index contributed by atoms with van der Waals surface area (Å²) in [6.45, 7) is 6.98. The maximum absolute atomic E-state index is 5.76. The molecule has 2 rings (SSSR count). The number of para-hydroxylation sites is 2. The molecule has 1 aromatic rings. The number of hydrogen-bond donors (Lipinski definition) is 1. The molecule has 0 aromatic heterocycles. The molecule has 84 valence electrons. The molecule has 0 bridgehead atoms. The molecular formula is C12H19NOS. The number of hydrogen-bond acceptors (Lipinski definition) is 3. The Morgan fingerprint density at radius 3 is 2.73 bits per heavy atom. The van der Waals surface area contributed by atoms with E-state index < -0.39 is 0 Å². The Morgan fingerprint density at radius 2 is 2.07 bits per heavy atom. The van der Waals surface area contributed by atoms with Crippen molar-refractivity contribution in [2.45, 2.75) is 33.3 Å². The summed E-state index contributed by atoms with van der Waals surface area (Å²) < 4.78 is 7.71. The number of anilines is 1. The fraction of sp³-hybridized carbons (Fsp3) is 0.500. The molecule has 0 spiro atoms. The first kappa shape index (κ1) is 12.2. The van der Waals surface area contributed by atoms with Crippen molar-refractivity contribution in [3.8, 4) is 5.75 Å². The third kappa shape index (κ3) is 2.81. The second kappa shape index (κ2) is 5.91. The van der Waals surface area contributed by atoms with Gasteiger partial charge >= 0.3 is 0 Å². The van der Waals surface area contributed by atoms with Crippen LogP contribution in [0.1, 0.15) is 27.2 Å². The topological polar surface area (TPSA) is 12.5 Å². The number of rotatable bonds is 1. The number of fused-ring (bicyclic) bond motifs is 1. The maximum Gasteiger partial charge on any atom is 0.143 e. The lowest BCUT2D eigenvalue weighted by Crippen LogP contribution is -2.34. The molecule has 0 radical (unpaired) electrons.